The lowest BCUT2D eigenvalue weighted by atomic mass is 10.2. The van der Waals surface area contributed by atoms with Crippen LogP contribution in [0.15, 0.2) is 48.5 Å². The van der Waals surface area contributed by atoms with Crippen LogP contribution in [0.5, 0.6) is 11.5 Å². The van der Waals surface area contributed by atoms with E-state index in [2.05, 4.69) is 16.0 Å². The number of carbonyl (C=O) groups excluding carboxylic acids is 3. The molecule has 2 aromatic carbocycles. The maximum absolute atomic E-state index is 10.9. The Morgan fingerprint density at radius 3 is 1.55 bits per heavy atom. The highest BCUT2D eigenvalue weighted by molar-refractivity contribution is 5.88. The Labute approximate surface area is 172 Å². The molecule has 0 saturated carbocycles. The van der Waals surface area contributed by atoms with Gasteiger partial charge in [0.15, 0.2) is 0 Å². The van der Waals surface area contributed by atoms with Gasteiger partial charge in [-0.25, -0.2) is 0 Å². The monoisotopic (exact) mass is 401 g/mol. The van der Waals surface area contributed by atoms with E-state index >= 15 is 0 Å². The van der Waals surface area contributed by atoms with Crippen molar-refractivity contribution >= 4 is 23.4 Å². The van der Waals surface area contributed by atoms with E-state index in [1.165, 1.54) is 26.3 Å². The zero-order valence-corrected chi connectivity index (χ0v) is 18.0. The highest BCUT2D eigenvalue weighted by atomic mass is 16.5. The average Bonchev–Trinajstić information content (AvgIpc) is 2.65. The first-order valence-electron chi connectivity index (χ1n) is 9.22. The summed E-state index contributed by atoms with van der Waals surface area (Å²) in [6.07, 6.45) is 0. The molecule has 0 fully saturated rings. The Balaban J connectivity index is 0.000000591. The molecule has 0 unspecified atom stereocenters. The van der Waals surface area contributed by atoms with E-state index in [0.29, 0.717) is 0 Å². The van der Waals surface area contributed by atoms with E-state index in [1.807, 2.05) is 62.4 Å². The van der Waals surface area contributed by atoms with Crippen LogP contribution in [-0.4, -0.2) is 31.3 Å². The largest absolute Gasteiger partial charge is 0.457 e. The topological polar surface area (TPSA) is 96.5 Å². The van der Waals surface area contributed by atoms with Gasteiger partial charge < -0.3 is 20.7 Å². The van der Waals surface area contributed by atoms with Crippen molar-refractivity contribution in [3.63, 3.8) is 0 Å². The molecule has 7 nitrogen and oxygen atoms in total. The summed E-state index contributed by atoms with van der Waals surface area (Å²) in [5.74, 6) is 1.51. The van der Waals surface area contributed by atoms with Gasteiger partial charge in [0.25, 0.3) is 0 Å². The summed E-state index contributed by atoms with van der Waals surface area (Å²) < 4.78 is 5.68. The number of aryl methyl sites for hydroxylation is 1. The van der Waals surface area contributed by atoms with Crippen molar-refractivity contribution in [2.24, 2.45) is 0 Å². The fourth-order valence-corrected chi connectivity index (χ4v) is 1.80. The van der Waals surface area contributed by atoms with Gasteiger partial charge in [-0.3, -0.25) is 14.4 Å². The summed E-state index contributed by atoms with van der Waals surface area (Å²) in [5, 5.41) is 7.67. The summed E-state index contributed by atoms with van der Waals surface area (Å²) in [7, 11) is 1.60. The smallest absolute Gasteiger partial charge is 0.221 e. The second-order valence-corrected chi connectivity index (χ2v) is 6.01. The van der Waals surface area contributed by atoms with E-state index in [0.717, 1.165) is 23.7 Å². The zero-order valence-electron chi connectivity index (χ0n) is 18.0. The molecule has 0 aliphatic heterocycles. The molecule has 2 rings (SSSR count). The van der Waals surface area contributed by atoms with E-state index in [1.54, 1.807) is 7.05 Å². The number of anilines is 1. The Bertz CT molecular complexity index is 757. The highest BCUT2D eigenvalue weighted by Gasteiger charge is 1.99. The van der Waals surface area contributed by atoms with Crippen molar-refractivity contribution in [2.45, 2.75) is 34.6 Å². The van der Waals surface area contributed by atoms with Crippen molar-refractivity contribution in [3.05, 3.63) is 54.1 Å². The number of rotatable bonds is 4. The standard InChI is InChI=1S/C15H15NO2.C4H9NO.C3H7NO/c1-11-3-7-14(8-4-11)18-15-9-5-13(6-10-15)16-12(2)17;1-3-5-4(2)6;1-3(5)4-2/h3-10H,1-2H3,(H,16,17);3H2,1-2H3,(H,5,6);1-2H3,(H,4,5). The molecule has 7 heteroatoms. The van der Waals surface area contributed by atoms with E-state index in [4.69, 9.17) is 4.74 Å². The molecule has 0 aliphatic rings. The molecule has 0 atom stereocenters. The Morgan fingerprint density at radius 1 is 0.793 bits per heavy atom. The van der Waals surface area contributed by atoms with Crippen LogP contribution in [0, 0.1) is 6.92 Å². The van der Waals surface area contributed by atoms with Crippen LogP contribution in [0.4, 0.5) is 5.69 Å². The van der Waals surface area contributed by atoms with Gasteiger partial charge in [0.05, 0.1) is 0 Å². The fourth-order valence-electron chi connectivity index (χ4n) is 1.80. The van der Waals surface area contributed by atoms with E-state index in [9.17, 15) is 14.4 Å². The third kappa shape index (κ3) is 14.4. The summed E-state index contributed by atoms with van der Waals surface area (Å²) in [6, 6.07) is 15.1. The van der Waals surface area contributed by atoms with Crippen LogP contribution in [0.1, 0.15) is 33.3 Å². The maximum Gasteiger partial charge on any atom is 0.221 e. The first-order valence-corrected chi connectivity index (χ1v) is 9.22. The van der Waals surface area contributed by atoms with Crippen LogP contribution in [-0.2, 0) is 14.4 Å². The minimum Gasteiger partial charge on any atom is -0.457 e. The number of hydrogen-bond donors (Lipinski definition) is 3. The lowest BCUT2D eigenvalue weighted by molar-refractivity contribution is -0.119. The number of ether oxygens (including phenoxy) is 1. The minimum atomic E-state index is -0.0813. The third-order valence-electron chi connectivity index (χ3n) is 3.21. The first kappa shape index (κ1) is 25.6. The quantitative estimate of drug-likeness (QED) is 0.729. The molecule has 0 spiro atoms. The van der Waals surface area contributed by atoms with Gasteiger partial charge in [0.2, 0.25) is 17.7 Å². The van der Waals surface area contributed by atoms with E-state index < -0.39 is 0 Å². The molecule has 158 valence electrons. The minimum absolute atomic E-state index is 0.00463. The maximum atomic E-state index is 10.9. The molecule has 0 aromatic heterocycles. The second-order valence-electron chi connectivity index (χ2n) is 6.01. The SMILES string of the molecule is CC(=O)Nc1ccc(Oc2ccc(C)cc2)cc1.CCNC(C)=O.CNC(C)=O. The molecule has 29 heavy (non-hydrogen) atoms. The zero-order chi connectivity index (χ0) is 22.2. The molecular weight excluding hydrogens is 370 g/mol. The van der Waals surface area contributed by atoms with Crippen molar-refractivity contribution in [1.82, 2.24) is 10.6 Å². The molecule has 2 aromatic rings. The number of hydrogen-bond acceptors (Lipinski definition) is 4. The number of nitrogens with one attached hydrogen (secondary N) is 3. The van der Waals surface area contributed by atoms with Gasteiger partial charge in [-0.2, -0.15) is 0 Å². The van der Waals surface area contributed by atoms with Crippen LogP contribution in [0.3, 0.4) is 0 Å². The molecule has 0 radical (unpaired) electrons. The number of benzene rings is 2. The Hall–Kier alpha value is -3.35. The van der Waals surface area contributed by atoms with Gasteiger partial charge in [-0.1, -0.05) is 17.7 Å². The summed E-state index contributed by atoms with van der Waals surface area (Å²) in [4.78, 5) is 30.5. The summed E-state index contributed by atoms with van der Waals surface area (Å²) >= 11 is 0. The molecule has 0 aliphatic carbocycles. The van der Waals surface area contributed by atoms with Gasteiger partial charge in [-0.05, 0) is 50.2 Å². The Kier molecular flexibility index (Phi) is 13.0. The average molecular weight is 402 g/mol. The second kappa shape index (κ2) is 14.7. The predicted molar refractivity (Wildman–Crippen MR) is 116 cm³/mol. The molecule has 3 N–H and O–H groups in total. The first-order chi connectivity index (χ1) is 13.7. The summed E-state index contributed by atoms with van der Waals surface area (Å²) in [6.45, 7) is 9.11. The van der Waals surface area contributed by atoms with Crippen molar-refractivity contribution in [1.29, 1.82) is 0 Å². The lowest BCUT2D eigenvalue weighted by Gasteiger charge is -2.07. The number of carbonyl (C=O) groups is 3. The van der Waals surface area contributed by atoms with Crippen LogP contribution in [0.25, 0.3) is 0 Å². The molecule has 0 saturated heterocycles. The molecular formula is C22H31N3O4. The lowest BCUT2D eigenvalue weighted by Crippen LogP contribution is -2.18. The van der Waals surface area contributed by atoms with Crippen molar-refractivity contribution < 1.29 is 19.1 Å². The number of amides is 3. The van der Waals surface area contributed by atoms with Crippen LogP contribution < -0.4 is 20.7 Å². The molecule has 0 bridgehead atoms. The molecule has 0 heterocycles. The fraction of sp³-hybridized carbons (Fsp3) is 0.318. The normalized spacial score (nSPS) is 8.90. The highest BCUT2D eigenvalue weighted by Crippen LogP contribution is 2.23. The van der Waals surface area contributed by atoms with Gasteiger partial charge >= 0.3 is 0 Å². The Morgan fingerprint density at radius 2 is 1.24 bits per heavy atom. The van der Waals surface area contributed by atoms with Crippen molar-refractivity contribution in [3.8, 4) is 11.5 Å². The van der Waals surface area contributed by atoms with Gasteiger partial charge in [0.1, 0.15) is 11.5 Å². The summed E-state index contributed by atoms with van der Waals surface area (Å²) in [5.41, 5.74) is 1.96. The van der Waals surface area contributed by atoms with Crippen LogP contribution in [0.2, 0.25) is 0 Å². The predicted octanol–water partition coefficient (Wildman–Crippen LogP) is 3.64. The molecule has 3 amide bonds. The van der Waals surface area contributed by atoms with Crippen LogP contribution >= 0.6 is 0 Å². The van der Waals surface area contributed by atoms with Gasteiger partial charge in [0, 0.05) is 40.1 Å². The van der Waals surface area contributed by atoms with Gasteiger partial charge in [-0.15, -0.1) is 0 Å². The van der Waals surface area contributed by atoms with Crippen molar-refractivity contribution in [2.75, 3.05) is 18.9 Å². The van der Waals surface area contributed by atoms with E-state index in [-0.39, 0.29) is 17.7 Å². The third-order valence-corrected chi connectivity index (χ3v) is 3.21.